The number of urea groups is 1. The fourth-order valence-corrected chi connectivity index (χ4v) is 3.11. The van der Waals surface area contributed by atoms with Crippen LogP contribution in [-0.2, 0) is 4.79 Å². The van der Waals surface area contributed by atoms with Crippen molar-refractivity contribution in [3.63, 3.8) is 0 Å². The maximum absolute atomic E-state index is 11.9. The molecule has 2 saturated heterocycles. The Hall–Kier alpha value is -1.30. The molecule has 2 fully saturated rings. The van der Waals surface area contributed by atoms with Crippen molar-refractivity contribution in [1.29, 1.82) is 0 Å². The highest BCUT2D eigenvalue weighted by atomic mass is 35.5. The Morgan fingerprint density at radius 3 is 2.37 bits per heavy atom. The monoisotopic (exact) mass is 299 g/mol. The highest BCUT2D eigenvalue weighted by molar-refractivity contribution is 6.34. The largest absolute Gasteiger partial charge is 0.325 e. The molecule has 0 saturated carbocycles. The van der Waals surface area contributed by atoms with Gasteiger partial charge in [0.15, 0.2) is 0 Å². The average Bonchev–Trinajstić information content (AvgIpc) is 2.64. The van der Waals surface area contributed by atoms with Gasteiger partial charge in [0.1, 0.15) is 6.04 Å². The summed E-state index contributed by atoms with van der Waals surface area (Å²) in [6.07, 6.45) is 0. The zero-order chi connectivity index (χ0) is 13.6. The third kappa shape index (κ3) is 2.18. The zero-order valence-electron chi connectivity index (χ0n) is 9.82. The third-order valence-corrected chi connectivity index (χ3v) is 3.82. The lowest BCUT2D eigenvalue weighted by Crippen LogP contribution is -2.52. The van der Waals surface area contributed by atoms with E-state index in [4.69, 9.17) is 23.2 Å². The second kappa shape index (κ2) is 4.67. The Morgan fingerprint density at radius 2 is 1.68 bits per heavy atom. The smallest absolute Gasteiger partial charge is 0.312 e. The molecule has 5 nitrogen and oxygen atoms in total. The van der Waals surface area contributed by atoms with Gasteiger partial charge in [-0.25, -0.2) is 4.79 Å². The first-order valence-corrected chi connectivity index (χ1v) is 6.62. The van der Waals surface area contributed by atoms with E-state index in [1.54, 1.807) is 23.1 Å². The Bertz CT molecular complexity index is 544. The van der Waals surface area contributed by atoms with Crippen LogP contribution in [0.1, 0.15) is 11.6 Å². The molecule has 2 atom stereocenters. The number of rotatable bonds is 1. The van der Waals surface area contributed by atoms with E-state index in [-0.39, 0.29) is 18.0 Å². The lowest BCUT2D eigenvalue weighted by atomic mass is 10.0. The van der Waals surface area contributed by atoms with Gasteiger partial charge in [-0.1, -0.05) is 23.2 Å². The van der Waals surface area contributed by atoms with Crippen LogP contribution < -0.4 is 10.6 Å². The van der Waals surface area contributed by atoms with Crippen LogP contribution in [0.25, 0.3) is 0 Å². The number of amides is 3. The number of hydrogen-bond acceptors (Lipinski definition) is 3. The van der Waals surface area contributed by atoms with Crippen LogP contribution in [-0.4, -0.2) is 36.0 Å². The standard InChI is InChI=1S/C12H11Cl2N3O2/c13-7-1-6(2-8(14)3-7)9-4-15-5-10-11(18)16-12(19)17(9)10/h1-3,9-10,15H,4-5H2,(H,16,18,19). The van der Waals surface area contributed by atoms with Gasteiger partial charge in [-0.3, -0.25) is 10.1 Å². The summed E-state index contributed by atoms with van der Waals surface area (Å²) in [5, 5.41) is 6.50. The van der Waals surface area contributed by atoms with Gasteiger partial charge in [-0.2, -0.15) is 0 Å². The van der Waals surface area contributed by atoms with Gasteiger partial charge in [-0.05, 0) is 23.8 Å². The number of hydrogen-bond donors (Lipinski definition) is 2. The molecule has 7 heteroatoms. The Morgan fingerprint density at radius 1 is 1.05 bits per heavy atom. The zero-order valence-corrected chi connectivity index (χ0v) is 11.3. The molecule has 3 amide bonds. The van der Waals surface area contributed by atoms with Gasteiger partial charge in [-0.15, -0.1) is 0 Å². The minimum absolute atomic E-state index is 0.249. The van der Waals surface area contributed by atoms with E-state index in [2.05, 4.69) is 10.6 Å². The summed E-state index contributed by atoms with van der Waals surface area (Å²) in [4.78, 5) is 25.1. The highest BCUT2D eigenvalue weighted by Crippen LogP contribution is 2.31. The topological polar surface area (TPSA) is 61.4 Å². The van der Waals surface area contributed by atoms with E-state index in [1.165, 1.54) is 0 Å². The Labute approximate surface area is 119 Å². The van der Waals surface area contributed by atoms with E-state index in [0.29, 0.717) is 23.1 Å². The van der Waals surface area contributed by atoms with E-state index >= 15 is 0 Å². The second-order valence-electron chi connectivity index (χ2n) is 4.59. The molecule has 2 heterocycles. The van der Waals surface area contributed by atoms with Crippen molar-refractivity contribution < 1.29 is 9.59 Å². The van der Waals surface area contributed by atoms with Crippen molar-refractivity contribution in [2.75, 3.05) is 13.1 Å². The van der Waals surface area contributed by atoms with Crippen molar-refractivity contribution in [2.45, 2.75) is 12.1 Å². The van der Waals surface area contributed by atoms with Crippen molar-refractivity contribution in [2.24, 2.45) is 0 Å². The molecule has 0 spiro atoms. The van der Waals surface area contributed by atoms with Crippen LogP contribution in [0.15, 0.2) is 18.2 Å². The summed E-state index contributed by atoms with van der Waals surface area (Å²) >= 11 is 12.0. The van der Waals surface area contributed by atoms with Crippen LogP contribution >= 0.6 is 23.2 Å². The minimum atomic E-state index is -0.469. The van der Waals surface area contributed by atoms with Gasteiger partial charge >= 0.3 is 6.03 Å². The molecule has 2 aliphatic heterocycles. The molecule has 0 radical (unpaired) electrons. The van der Waals surface area contributed by atoms with Crippen molar-refractivity contribution in [3.8, 4) is 0 Å². The summed E-state index contributed by atoms with van der Waals surface area (Å²) in [7, 11) is 0. The van der Waals surface area contributed by atoms with Crippen LogP contribution in [0.3, 0.4) is 0 Å². The summed E-state index contributed by atoms with van der Waals surface area (Å²) in [6, 6.07) is 4.08. The quantitative estimate of drug-likeness (QED) is 0.774. The number of halogens is 2. The Kier molecular flexibility index (Phi) is 3.12. The molecule has 3 rings (SSSR count). The number of piperazine rings is 1. The molecule has 1 aromatic carbocycles. The first-order valence-electron chi connectivity index (χ1n) is 5.86. The molecule has 1 aromatic rings. The molecule has 2 aliphatic rings. The molecule has 100 valence electrons. The van der Waals surface area contributed by atoms with Gasteiger partial charge in [0.25, 0.3) is 5.91 Å². The second-order valence-corrected chi connectivity index (χ2v) is 5.47. The van der Waals surface area contributed by atoms with E-state index in [9.17, 15) is 9.59 Å². The van der Waals surface area contributed by atoms with Crippen LogP contribution in [0.4, 0.5) is 4.79 Å². The molecule has 2 N–H and O–H groups in total. The summed E-state index contributed by atoms with van der Waals surface area (Å²) < 4.78 is 0. The fourth-order valence-electron chi connectivity index (χ4n) is 2.57. The van der Waals surface area contributed by atoms with E-state index in [1.807, 2.05) is 0 Å². The number of nitrogens with one attached hydrogen (secondary N) is 2. The first-order chi connectivity index (χ1) is 9.06. The van der Waals surface area contributed by atoms with Crippen LogP contribution in [0, 0.1) is 0 Å². The van der Waals surface area contributed by atoms with Crippen molar-refractivity contribution >= 4 is 35.1 Å². The SMILES string of the molecule is O=C1NC(=O)N2C1CNCC2c1cc(Cl)cc(Cl)c1. The molecule has 0 aromatic heterocycles. The predicted octanol–water partition coefficient (Wildman–Crippen LogP) is 1.56. The molecular formula is C12H11Cl2N3O2. The fraction of sp³-hybridized carbons (Fsp3) is 0.333. The normalized spacial score (nSPS) is 26.3. The maximum Gasteiger partial charge on any atom is 0.325 e. The molecular weight excluding hydrogens is 289 g/mol. The molecule has 19 heavy (non-hydrogen) atoms. The minimum Gasteiger partial charge on any atom is -0.312 e. The molecule has 0 bridgehead atoms. The number of carbonyl (C=O) groups is 2. The van der Waals surface area contributed by atoms with Gasteiger partial charge in [0.05, 0.1) is 6.04 Å². The summed E-state index contributed by atoms with van der Waals surface area (Å²) in [5.41, 5.74) is 0.819. The van der Waals surface area contributed by atoms with Crippen molar-refractivity contribution in [1.82, 2.24) is 15.5 Å². The summed E-state index contributed by atoms with van der Waals surface area (Å²) in [5.74, 6) is -0.268. The third-order valence-electron chi connectivity index (χ3n) is 3.38. The van der Waals surface area contributed by atoms with Crippen LogP contribution in [0.5, 0.6) is 0 Å². The lowest BCUT2D eigenvalue weighted by molar-refractivity contribution is -0.122. The number of carbonyl (C=O) groups excluding carboxylic acids is 2. The number of imide groups is 1. The van der Waals surface area contributed by atoms with Gasteiger partial charge in [0, 0.05) is 23.1 Å². The molecule has 0 aliphatic carbocycles. The maximum atomic E-state index is 11.9. The van der Waals surface area contributed by atoms with E-state index < -0.39 is 6.04 Å². The lowest BCUT2D eigenvalue weighted by Gasteiger charge is -2.36. The first kappa shape index (κ1) is 12.7. The highest BCUT2D eigenvalue weighted by Gasteiger charge is 2.45. The Balaban J connectivity index is 1.99. The molecule has 2 unspecified atom stereocenters. The predicted molar refractivity (Wildman–Crippen MR) is 71.2 cm³/mol. The average molecular weight is 300 g/mol. The van der Waals surface area contributed by atoms with Gasteiger partial charge in [0.2, 0.25) is 0 Å². The summed E-state index contributed by atoms with van der Waals surface area (Å²) in [6.45, 7) is 1.02. The van der Waals surface area contributed by atoms with Gasteiger partial charge < -0.3 is 10.2 Å². The number of fused-ring (bicyclic) bond motifs is 1. The van der Waals surface area contributed by atoms with Crippen molar-refractivity contribution in [3.05, 3.63) is 33.8 Å². The van der Waals surface area contributed by atoms with Crippen LogP contribution in [0.2, 0.25) is 10.0 Å². The number of benzene rings is 1. The van der Waals surface area contributed by atoms with E-state index in [0.717, 1.165) is 5.56 Å². The number of nitrogens with zero attached hydrogens (tertiary/aromatic N) is 1.